The first-order valence-corrected chi connectivity index (χ1v) is 14.3. The van der Waals surface area contributed by atoms with Crippen molar-refractivity contribution in [1.82, 2.24) is 9.80 Å². The smallest absolute Gasteiger partial charge is 0.257 e. The highest BCUT2D eigenvalue weighted by Gasteiger charge is 2.27. The minimum atomic E-state index is -0.128. The van der Waals surface area contributed by atoms with Crippen LogP contribution in [0.4, 0.5) is 5.69 Å². The maximum absolute atomic E-state index is 13.3. The Hall–Kier alpha value is -4.06. The standard InChI is InChI=1S/C33H38N4O4/c1-39-29-12-13-30(31(21-29)40-2)33(38)37-18-16-35(17-19-37)23-32(41-24-26-10-8-25(22-34)9-11-26)27-6-5-7-28(20-27)36-14-3-4-15-36/h5-13,20-21,32H,3-4,14-19,23-24H2,1-2H3/t32-/m0/s1. The number of methoxy groups -OCH3 is 2. The molecule has 5 rings (SSSR count). The number of hydrogen-bond donors (Lipinski definition) is 0. The molecule has 1 atom stereocenters. The van der Waals surface area contributed by atoms with Gasteiger partial charge in [-0.05, 0) is 60.4 Å². The maximum Gasteiger partial charge on any atom is 0.257 e. The fourth-order valence-electron chi connectivity index (χ4n) is 5.54. The first-order chi connectivity index (χ1) is 20.1. The molecule has 3 aromatic carbocycles. The average molecular weight is 555 g/mol. The van der Waals surface area contributed by atoms with Gasteiger partial charge in [0.05, 0.1) is 44.1 Å². The Morgan fingerprint density at radius 3 is 2.34 bits per heavy atom. The molecule has 0 saturated carbocycles. The molecule has 2 heterocycles. The van der Waals surface area contributed by atoms with Crippen molar-refractivity contribution in [2.24, 2.45) is 0 Å². The van der Waals surface area contributed by atoms with Crippen LogP contribution in [0.25, 0.3) is 0 Å². The van der Waals surface area contributed by atoms with Gasteiger partial charge in [-0.25, -0.2) is 0 Å². The van der Waals surface area contributed by atoms with Crippen molar-refractivity contribution in [3.05, 3.63) is 89.0 Å². The summed E-state index contributed by atoms with van der Waals surface area (Å²) in [6, 6.07) is 23.8. The SMILES string of the molecule is COc1ccc(C(=O)N2CCN(C[C@H](OCc3ccc(C#N)cc3)c3cccc(N4CCCC4)c3)CC2)c(OC)c1. The molecule has 2 aliphatic heterocycles. The number of nitrogens with zero attached hydrogens (tertiary/aromatic N) is 4. The number of carbonyl (C=O) groups is 1. The molecule has 2 fully saturated rings. The Labute approximate surface area is 242 Å². The molecule has 0 unspecified atom stereocenters. The van der Waals surface area contributed by atoms with E-state index in [1.165, 1.54) is 18.5 Å². The first kappa shape index (κ1) is 28.5. The molecule has 0 spiro atoms. The van der Waals surface area contributed by atoms with Gasteiger partial charge in [0.25, 0.3) is 5.91 Å². The molecule has 2 saturated heterocycles. The van der Waals surface area contributed by atoms with Crippen molar-refractivity contribution in [2.45, 2.75) is 25.6 Å². The molecule has 0 N–H and O–H groups in total. The molecule has 2 aliphatic rings. The molecule has 0 radical (unpaired) electrons. The van der Waals surface area contributed by atoms with Crippen LogP contribution in [-0.2, 0) is 11.3 Å². The molecule has 0 aromatic heterocycles. The lowest BCUT2D eigenvalue weighted by molar-refractivity contribution is 0.00341. The van der Waals surface area contributed by atoms with Gasteiger partial charge in [-0.1, -0.05) is 24.3 Å². The summed E-state index contributed by atoms with van der Waals surface area (Å²) in [6.07, 6.45) is 2.33. The number of nitriles is 1. The van der Waals surface area contributed by atoms with E-state index in [-0.39, 0.29) is 12.0 Å². The highest BCUT2D eigenvalue weighted by Crippen LogP contribution is 2.29. The van der Waals surface area contributed by atoms with Crippen molar-refractivity contribution >= 4 is 11.6 Å². The van der Waals surface area contributed by atoms with Crippen LogP contribution in [0, 0.1) is 11.3 Å². The third kappa shape index (κ3) is 6.99. The van der Waals surface area contributed by atoms with E-state index in [0.717, 1.165) is 43.9 Å². The molecule has 214 valence electrons. The minimum Gasteiger partial charge on any atom is -0.497 e. The summed E-state index contributed by atoms with van der Waals surface area (Å²) in [6.45, 7) is 6.14. The largest absolute Gasteiger partial charge is 0.497 e. The van der Waals surface area contributed by atoms with Gasteiger partial charge in [-0.2, -0.15) is 5.26 Å². The van der Waals surface area contributed by atoms with Gasteiger partial charge in [-0.3, -0.25) is 9.69 Å². The van der Waals surface area contributed by atoms with E-state index in [1.54, 1.807) is 32.4 Å². The molecule has 41 heavy (non-hydrogen) atoms. The highest BCUT2D eigenvalue weighted by atomic mass is 16.5. The summed E-state index contributed by atoms with van der Waals surface area (Å²) in [5.41, 5.74) is 4.63. The third-order valence-corrected chi connectivity index (χ3v) is 7.97. The Kier molecular flexibility index (Phi) is 9.40. The molecule has 8 nitrogen and oxygen atoms in total. The zero-order valence-corrected chi connectivity index (χ0v) is 23.9. The van der Waals surface area contributed by atoms with Crippen LogP contribution in [0.15, 0.2) is 66.7 Å². The Balaban J connectivity index is 1.26. The maximum atomic E-state index is 13.3. The van der Waals surface area contributed by atoms with Gasteiger partial charge in [0.15, 0.2) is 0 Å². The second-order valence-electron chi connectivity index (χ2n) is 10.6. The minimum absolute atomic E-state index is 0.0314. The van der Waals surface area contributed by atoms with Crippen LogP contribution in [0.5, 0.6) is 11.5 Å². The Bertz CT molecular complexity index is 1360. The van der Waals surface area contributed by atoms with Crippen molar-refractivity contribution < 1.29 is 19.0 Å². The third-order valence-electron chi connectivity index (χ3n) is 7.97. The van der Waals surface area contributed by atoms with Crippen LogP contribution in [0.1, 0.15) is 46.0 Å². The van der Waals surface area contributed by atoms with E-state index < -0.39 is 0 Å². The van der Waals surface area contributed by atoms with Crippen molar-refractivity contribution in [3.8, 4) is 17.6 Å². The van der Waals surface area contributed by atoms with E-state index in [0.29, 0.717) is 42.3 Å². The second-order valence-corrected chi connectivity index (χ2v) is 10.6. The zero-order chi connectivity index (χ0) is 28.6. The van der Waals surface area contributed by atoms with Gasteiger partial charge in [0, 0.05) is 57.6 Å². The van der Waals surface area contributed by atoms with E-state index in [2.05, 4.69) is 40.1 Å². The summed E-state index contributed by atoms with van der Waals surface area (Å²) in [7, 11) is 3.17. The fraction of sp³-hybridized carbons (Fsp3) is 0.394. The average Bonchev–Trinajstić information content (AvgIpc) is 3.58. The monoisotopic (exact) mass is 554 g/mol. The molecule has 3 aromatic rings. The lowest BCUT2D eigenvalue weighted by Gasteiger charge is -2.36. The van der Waals surface area contributed by atoms with E-state index >= 15 is 0 Å². The van der Waals surface area contributed by atoms with Crippen molar-refractivity contribution in [1.29, 1.82) is 5.26 Å². The number of benzene rings is 3. The van der Waals surface area contributed by atoms with Crippen LogP contribution in [0.2, 0.25) is 0 Å². The second kappa shape index (κ2) is 13.5. The highest BCUT2D eigenvalue weighted by molar-refractivity contribution is 5.97. The summed E-state index contributed by atoms with van der Waals surface area (Å²) in [5.74, 6) is 1.14. The zero-order valence-electron chi connectivity index (χ0n) is 23.9. The number of amides is 1. The lowest BCUT2D eigenvalue weighted by Crippen LogP contribution is -2.49. The predicted octanol–water partition coefficient (Wildman–Crippen LogP) is 4.89. The summed E-state index contributed by atoms with van der Waals surface area (Å²) >= 11 is 0. The number of piperazine rings is 1. The number of carbonyl (C=O) groups excluding carboxylic acids is 1. The number of anilines is 1. The number of ether oxygens (including phenoxy) is 3. The van der Waals surface area contributed by atoms with Crippen molar-refractivity contribution in [3.63, 3.8) is 0 Å². The first-order valence-electron chi connectivity index (χ1n) is 14.3. The number of rotatable bonds is 10. The summed E-state index contributed by atoms with van der Waals surface area (Å²) in [4.78, 5) is 20.0. The predicted molar refractivity (Wildman–Crippen MR) is 158 cm³/mol. The fourth-order valence-corrected chi connectivity index (χ4v) is 5.54. The van der Waals surface area contributed by atoms with Gasteiger partial charge in [-0.15, -0.1) is 0 Å². The van der Waals surface area contributed by atoms with Crippen LogP contribution in [0.3, 0.4) is 0 Å². The van der Waals surface area contributed by atoms with E-state index in [1.807, 2.05) is 29.2 Å². The molecular formula is C33H38N4O4. The van der Waals surface area contributed by atoms with Gasteiger partial charge in [0.2, 0.25) is 0 Å². The summed E-state index contributed by atoms with van der Waals surface area (Å²) in [5, 5.41) is 9.13. The molecular weight excluding hydrogens is 516 g/mol. The summed E-state index contributed by atoms with van der Waals surface area (Å²) < 4.78 is 17.3. The molecule has 8 heteroatoms. The quantitative estimate of drug-likeness (QED) is 0.353. The van der Waals surface area contributed by atoms with Crippen molar-refractivity contribution in [2.75, 3.05) is 64.9 Å². The topological polar surface area (TPSA) is 78.3 Å². The lowest BCUT2D eigenvalue weighted by atomic mass is 10.1. The van der Waals surface area contributed by atoms with E-state index in [4.69, 9.17) is 19.5 Å². The Morgan fingerprint density at radius 2 is 1.66 bits per heavy atom. The van der Waals surface area contributed by atoms with Crippen LogP contribution in [-0.4, -0.2) is 75.7 Å². The normalized spacial score (nSPS) is 16.3. The molecule has 0 bridgehead atoms. The number of hydrogen-bond acceptors (Lipinski definition) is 7. The van der Waals surface area contributed by atoms with Gasteiger partial charge < -0.3 is 24.0 Å². The molecule has 1 amide bonds. The van der Waals surface area contributed by atoms with Gasteiger partial charge in [0.1, 0.15) is 11.5 Å². The Morgan fingerprint density at radius 1 is 0.902 bits per heavy atom. The van der Waals surface area contributed by atoms with E-state index in [9.17, 15) is 4.79 Å². The van der Waals surface area contributed by atoms with Crippen LogP contribution >= 0.6 is 0 Å². The van der Waals surface area contributed by atoms with Crippen LogP contribution < -0.4 is 14.4 Å². The van der Waals surface area contributed by atoms with Gasteiger partial charge >= 0.3 is 0 Å². The molecule has 0 aliphatic carbocycles.